The van der Waals surface area contributed by atoms with Crippen LogP contribution in [-0.2, 0) is 4.74 Å². The highest BCUT2D eigenvalue weighted by Gasteiger charge is 2.28. The molecule has 1 aromatic rings. The third-order valence-corrected chi connectivity index (χ3v) is 3.56. The summed E-state index contributed by atoms with van der Waals surface area (Å²) in [5, 5.41) is 0. The summed E-state index contributed by atoms with van der Waals surface area (Å²) in [7, 11) is 0. The minimum Gasteiger partial charge on any atom is -0.461 e. The van der Waals surface area contributed by atoms with Crippen LogP contribution in [0.1, 0.15) is 37.2 Å². The van der Waals surface area contributed by atoms with Crippen molar-refractivity contribution in [1.82, 2.24) is 4.98 Å². The van der Waals surface area contributed by atoms with E-state index in [9.17, 15) is 4.79 Å². The summed E-state index contributed by atoms with van der Waals surface area (Å²) in [6.45, 7) is 5.85. The fourth-order valence-electron chi connectivity index (χ4n) is 2.36. The lowest BCUT2D eigenvalue weighted by Crippen LogP contribution is -2.47. The topological polar surface area (TPSA) is 81.6 Å². The van der Waals surface area contributed by atoms with Crippen molar-refractivity contribution in [3.8, 4) is 0 Å². The molecule has 0 bridgehead atoms. The molecule has 2 unspecified atom stereocenters. The van der Waals surface area contributed by atoms with E-state index in [0.717, 1.165) is 25.9 Å². The Labute approximate surface area is 112 Å². The first-order valence-electron chi connectivity index (χ1n) is 6.78. The molecule has 6 nitrogen and oxygen atoms in total. The van der Waals surface area contributed by atoms with E-state index in [-0.39, 0.29) is 11.7 Å². The summed E-state index contributed by atoms with van der Waals surface area (Å²) in [4.78, 5) is 17.8. The third-order valence-electron chi connectivity index (χ3n) is 3.56. The monoisotopic (exact) mass is 267 g/mol. The van der Waals surface area contributed by atoms with Crippen LogP contribution >= 0.6 is 0 Å². The largest absolute Gasteiger partial charge is 0.461 e. The van der Waals surface area contributed by atoms with Gasteiger partial charge in [-0.3, -0.25) is 0 Å². The number of ether oxygens (including phenoxy) is 1. The van der Waals surface area contributed by atoms with Crippen molar-refractivity contribution in [2.45, 2.75) is 32.7 Å². The Kier molecular flexibility index (Phi) is 4.42. The molecule has 1 aromatic heterocycles. The summed E-state index contributed by atoms with van der Waals surface area (Å²) in [5.74, 6) is -0.00931. The lowest BCUT2D eigenvalue weighted by atomic mass is 9.91. The Bertz CT molecular complexity index is 433. The van der Waals surface area contributed by atoms with Crippen LogP contribution in [0.25, 0.3) is 0 Å². The molecule has 2 atom stereocenters. The number of carbonyl (C=O) groups is 1. The van der Waals surface area contributed by atoms with Gasteiger partial charge in [0.1, 0.15) is 6.26 Å². The van der Waals surface area contributed by atoms with Gasteiger partial charge < -0.3 is 19.8 Å². The maximum Gasteiger partial charge on any atom is 0.360 e. The molecule has 0 aromatic carbocycles. The fourth-order valence-corrected chi connectivity index (χ4v) is 2.36. The molecular weight excluding hydrogens is 246 g/mol. The van der Waals surface area contributed by atoms with Crippen molar-refractivity contribution in [3.05, 3.63) is 12.0 Å². The molecule has 1 fully saturated rings. The Hall–Kier alpha value is -1.56. The fraction of sp³-hybridized carbons (Fsp3) is 0.692. The average Bonchev–Trinajstić information content (AvgIpc) is 2.89. The maximum absolute atomic E-state index is 11.5. The second kappa shape index (κ2) is 6.06. The summed E-state index contributed by atoms with van der Waals surface area (Å²) >= 11 is 0. The number of aromatic nitrogens is 1. The first kappa shape index (κ1) is 13.9. The van der Waals surface area contributed by atoms with Gasteiger partial charge in [-0.1, -0.05) is 13.3 Å². The quantitative estimate of drug-likeness (QED) is 0.831. The Morgan fingerprint density at radius 2 is 2.42 bits per heavy atom. The molecule has 0 amide bonds. The molecule has 2 rings (SSSR count). The Balaban J connectivity index is 2.04. The average molecular weight is 267 g/mol. The molecule has 106 valence electrons. The molecule has 0 radical (unpaired) electrons. The molecule has 1 saturated heterocycles. The van der Waals surface area contributed by atoms with Gasteiger partial charge in [-0.05, 0) is 19.3 Å². The lowest BCUT2D eigenvalue weighted by molar-refractivity contribution is 0.0519. The van der Waals surface area contributed by atoms with Crippen LogP contribution in [0, 0.1) is 5.92 Å². The van der Waals surface area contributed by atoms with E-state index in [4.69, 9.17) is 14.9 Å². The molecular formula is C13H21N3O3. The van der Waals surface area contributed by atoms with Crippen LogP contribution in [-0.4, -0.2) is 36.7 Å². The molecule has 6 heteroatoms. The Morgan fingerprint density at radius 3 is 3.11 bits per heavy atom. The molecule has 19 heavy (non-hydrogen) atoms. The molecule has 2 N–H and O–H groups in total. The van der Waals surface area contributed by atoms with E-state index >= 15 is 0 Å². The van der Waals surface area contributed by atoms with Gasteiger partial charge in [0, 0.05) is 19.1 Å². The van der Waals surface area contributed by atoms with E-state index < -0.39 is 5.97 Å². The van der Waals surface area contributed by atoms with Crippen LogP contribution in [0.15, 0.2) is 10.7 Å². The Morgan fingerprint density at radius 1 is 1.63 bits per heavy atom. The van der Waals surface area contributed by atoms with Crippen LogP contribution in [0.4, 0.5) is 6.01 Å². The lowest BCUT2D eigenvalue weighted by Gasteiger charge is -2.35. The van der Waals surface area contributed by atoms with Crippen LogP contribution < -0.4 is 10.6 Å². The van der Waals surface area contributed by atoms with Gasteiger partial charge in [-0.25, -0.2) is 4.79 Å². The minimum absolute atomic E-state index is 0.222. The summed E-state index contributed by atoms with van der Waals surface area (Å²) in [6.07, 6.45) is 3.29. The van der Waals surface area contributed by atoms with Crippen LogP contribution in [0.5, 0.6) is 0 Å². The van der Waals surface area contributed by atoms with Crippen LogP contribution in [0.2, 0.25) is 0 Å². The van der Waals surface area contributed by atoms with E-state index in [1.807, 2.05) is 4.90 Å². The zero-order valence-electron chi connectivity index (χ0n) is 11.5. The highest BCUT2D eigenvalue weighted by atomic mass is 16.5. The second-order valence-electron chi connectivity index (χ2n) is 4.80. The number of anilines is 1. The molecule has 2 heterocycles. The zero-order valence-corrected chi connectivity index (χ0v) is 11.5. The number of piperidine rings is 1. The number of nitrogens with two attached hydrogens (primary N) is 1. The second-order valence-corrected chi connectivity index (χ2v) is 4.80. The number of esters is 1. The number of hydrogen-bond donors (Lipinski definition) is 1. The number of nitrogens with zero attached hydrogens (tertiary/aromatic N) is 2. The number of rotatable bonds is 4. The molecule has 1 aliphatic heterocycles. The summed E-state index contributed by atoms with van der Waals surface area (Å²) < 4.78 is 10.3. The van der Waals surface area contributed by atoms with E-state index in [0.29, 0.717) is 18.5 Å². The normalized spacial score (nSPS) is 23.4. The minimum atomic E-state index is -0.446. The predicted molar refractivity (Wildman–Crippen MR) is 71.0 cm³/mol. The van der Waals surface area contributed by atoms with Gasteiger partial charge in [0.15, 0.2) is 5.69 Å². The van der Waals surface area contributed by atoms with Crippen molar-refractivity contribution < 1.29 is 13.9 Å². The predicted octanol–water partition coefficient (Wildman–Crippen LogP) is 1.41. The van der Waals surface area contributed by atoms with Crippen molar-refractivity contribution in [1.29, 1.82) is 0 Å². The van der Waals surface area contributed by atoms with E-state index in [1.165, 1.54) is 6.26 Å². The number of carbonyl (C=O) groups excluding carboxylic acids is 1. The smallest absolute Gasteiger partial charge is 0.360 e. The first-order chi connectivity index (χ1) is 9.15. The number of hydrogen-bond acceptors (Lipinski definition) is 6. The molecule has 1 aliphatic rings. The van der Waals surface area contributed by atoms with Gasteiger partial charge in [0.2, 0.25) is 0 Å². The maximum atomic E-state index is 11.5. The summed E-state index contributed by atoms with van der Waals surface area (Å²) in [5.41, 5.74) is 6.29. The van der Waals surface area contributed by atoms with E-state index in [1.54, 1.807) is 6.92 Å². The van der Waals surface area contributed by atoms with E-state index in [2.05, 4.69) is 11.9 Å². The third kappa shape index (κ3) is 3.07. The molecule has 0 aliphatic carbocycles. The van der Waals surface area contributed by atoms with Crippen molar-refractivity contribution in [2.24, 2.45) is 11.7 Å². The standard InChI is InChI=1S/C13H21N3O3/c1-3-9-7-16(6-5-10(9)14)13-15-11(8-19-13)12(17)18-4-2/h8-10H,3-7,14H2,1-2H3. The highest BCUT2D eigenvalue weighted by molar-refractivity contribution is 5.87. The van der Waals surface area contributed by atoms with Crippen molar-refractivity contribution >= 4 is 12.0 Å². The SMILES string of the molecule is CCOC(=O)c1coc(N2CCC(N)C(CC)C2)n1. The van der Waals surface area contributed by atoms with Gasteiger partial charge in [-0.2, -0.15) is 4.98 Å². The number of oxazole rings is 1. The van der Waals surface area contributed by atoms with Gasteiger partial charge in [0.25, 0.3) is 6.01 Å². The van der Waals surface area contributed by atoms with Gasteiger partial charge in [-0.15, -0.1) is 0 Å². The van der Waals surface area contributed by atoms with Gasteiger partial charge in [0.05, 0.1) is 6.61 Å². The van der Waals surface area contributed by atoms with Crippen molar-refractivity contribution in [2.75, 3.05) is 24.6 Å². The van der Waals surface area contributed by atoms with Gasteiger partial charge >= 0.3 is 5.97 Å². The zero-order chi connectivity index (χ0) is 13.8. The molecule has 0 spiro atoms. The first-order valence-corrected chi connectivity index (χ1v) is 6.78. The van der Waals surface area contributed by atoms with Crippen LogP contribution in [0.3, 0.4) is 0 Å². The molecule has 0 saturated carbocycles. The van der Waals surface area contributed by atoms with Crippen molar-refractivity contribution in [3.63, 3.8) is 0 Å². The highest BCUT2D eigenvalue weighted by Crippen LogP contribution is 2.24. The summed E-state index contributed by atoms with van der Waals surface area (Å²) in [6, 6.07) is 0.717.